The number of thiazole rings is 1. The first kappa shape index (κ1) is 18.5. The third kappa shape index (κ3) is 5.09. The Hall–Kier alpha value is -1.30. The number of benzene rings is 1. The van der Waals surface area contributed by atoms with Gasteiger partial charge in [-0.05, 0) is 42.9 Å². The number of aromatic nitrogens is 1. The lowest BCUT2D eigenvalue weighted by Crippen LogP contribution is -2.41. The summed E-state index contributed by atoms with van der Waals surface area (Å²) >= 11 is 14.0. The second-order valence-corrected chi connectivity index (χ2v) is 7.96. The lowest BCUT2D eigenvalue weighted by atomic mass is 9.98. The number of nitrogens with one attached hydrogen (secondary N) is 1. The predicted molar refractivity (Wildman–Crippen MR) is 105 cm³/mol. The summed E-state index contributed by atoms with van der Waals surface area (Å²) in [7, 11) is 0. The Bertz CT molecular complexity index is 688. The lowest BCUT2D eigenvalue weighted by Gasteiger charge is -2.32. The van der Waals surface area contributed by atoms with Crippen molar-refractivity contribution in [3.63, 3.8) is 0 Å². The Labute approximate surface area is 162 Å². The van der Waals surface area contributed by atoms with Gasteiger partial charge in [-0.25, -0.2) is 4.98 Å². The van der Waals surface area contributed by atoms with Crippen molar-refractivity contribution in [3.8, 4) is 0 Å². The highest BCUT2D eigenvalue weighted by Crippen LogP contribution is 2.26. The number of halogens is 2. The second-order valence-electron chi connectivity index (χ2n) is 6.27. The fourth-order valence-corrected chi connectivity index (χ4v) is 4.40. The molecular weight excluding hydrogens is 377 g/mol. The molecule has 1 aromatic carbocycles. The molecule has 0 unspecified atom stereocenters. The Morgan fingerprint density at radius 2 is 2.16 bits per heavy atom. The first-order valence-electron chi connectivity index (χ1n) is 8.47. The zero-order chi connectivity index (χ0) is 17.6. The van der Waals surface area contributed by atoms with E-state index in [2.05, 4.69) is 15.2 Å². The van der Waals surface area contributed by atoms with Crippen molar-refractivity contribution < 1.29 is 4.79 Å². The second kappa shape index (κ2) is 8.88. The molecule has 1 saturated heterocycles. The molecule has 1 amide bonds. The van der Waals surface area contributed by atoms with Gasteiger partial charge < -0.3 is 10.2 Å². The number of hydrogen-bond donors (Lipinski definition) is 1. The van der Waals surface area contributed by atoms with Crippen LogP contribution in [0.2, 0.25) is 10.0 Å². The summed E-state index contributed by atoms with van der Waals surface area (Å²) in [5.74, 6) is 0.507. The number of hydrogen-bond acceptors (Lipinski definition) is 4. The van der Waals surface area contributed by atoms with Crippen LogP contribution >= 0.6 is 34.5 Å². The molecule has 0 spiro atoms. The molecule has 2 heterocycles. The first-order chi connectivity index (χ1) is 12.1. The van der Waals surface area contributed by atoms with E-state index in [9.17, 15) is 4.79 Å². The van der Waals surface area contributed by atoms with E-state index in [1.165, 1.54) is 0 Å². The predicted octanol–water partition coefficient (Wildman–Crippen LogP) is 4.42. The van der Waals surface area contributed by atoms with Crippen LogP contribution in [0.5, 0.6) is 0 Å². The molecule has 0 saturated carbocycles. The number of amides is 1. The van der Waals surface area contributed by atoms with Crippen LogP contribution in [-0.4, -0.2) is 30.5 Å². The molecular formula is C18H21Cl2N3OS. The Morgan fingerprint density at radius 3 is 2.88 bits per heavy atom. The number of carbonyl (C=O) groups is 1. The summed E-state index contributed by atoms with van der Waals surface area (Å²) in [4.78, 5) is 18.9. The molecule has 1 fully saturated rings. The van der Waals surface area contributed by atoms with Crippen molar-refractivity contribution in [1.29, 1.82) is 0 Å². The highest BCUT2D eigenvalue weighted by molar-refractivity contribution is 7.13. The van der Waals surface area contributed by atoms with Gasteiger partial charge in [0, 0.05) is 47.7 Å². The molecule has 3 rings (SSSR count). The van der Waals surface area contributed by atoms with Crippen LogP contribution in [0.1, 0.15) is 24.8 Å². The average Bonchev–Trinajstić information content (AvgIpc) is 3.14. The van der Waals surface area contributed by atoms with E-state index in [-0.39, 0.29) is 5.91 Å². The minimum absolute atomic E-state index is 0.0439. The van der Waals surface area contributed by atoms with E-state index < -0.39 is 0 Å². The van der Waals surface area contributed by atoms with Crippen LogP contribution in [0.15, 0.2) is 29.8 Å². The van der Waals surface area contributed by atoms with Crippen LogP contribution in [0.25, 0.3) is 0 Å². The summed E-state index contributed by atoms with van der Waals surface area (Å²) < 4.78 is 0. The zero-order valence-corrected chi connectivity index (χ0v) is 16.2. The maximum atomic E-state index is 12.2. The van der Waals surface area contributed by atoms with Gasteiger partial charge in [0.2, 0.25) is 5.91 Å². The fourth-order valence-electron chi connectivity index (χ4n) is 3.13. The molecule has 25 heavy (non-hydrogen) atoms. The minimum atomic E-state index is 0.0439. The Morgan fingerprint density at radius 1 is 1.36 bits per heavy atom. The maximum absolute atomic E-state index is 12.2. The number of piperidine rings is 1. The zero-order valence-electron chi connectivity index (χ0n) is 13.9. The van der Waals surface area contributed by atoms with E-state index in [0.717, 1.165) is 36.6 Å². The lowest BCUT2D eigenvalue weighted by molar-refractivity contribution is -0.121. The fraction of sp³-hybridized carbons (Fsp3) is 0.444. The van der Waals surface area contributed by atoms with Gasteiger partial charge in [0.05, 0.1) is 0 Å². The van der Waals surface area contributed by atoms with Crippen molar-refractivity contribution >= 4 is 45.6 Å². The van der Waals surface area contributed by atoms with E-state index in [1.54, 1.807) is 23.5 Å². The monoisotopic (exact) mass is 397 g/mol. The van der Waals surface area contributed by atoms with Gasteiger partial charge >= 0.3 is 0 Å². The molecule has 0 bridgehead atoms. The SMILES string of the molecule is O=C(CCc1c(Cl)cccc1Cl)NC[C@@H]1CCCN(c2nccs2)C1. The van der Waals surface area contributed by atoms with Gasteiger partial charge in [0.25, 0.3) is 0 Å². The molecule has 0 radical (unpaired) electrons. The summed E-state index contributed by atoms with van der Waals surface area (Å²) in [6.45, 7) is 2.70. The maximum Gasteiger partial charge on any atom is 0.220 e. The van der Waals surface area contributed by atoms with E-state index in [0.29, 0.717) is 35.3 Å². The minimum Gasteiger partial charge on any atom is -0.356 e. The topological polar surface area (TPSA) is 45.2 Å². The molecule has 4 nitrogen and oxygen atoms in total. The number of rotatable bonds is 6. The number of anilines is 1. The third-order valence-corrected chi connectivity index (χ3v) is 6.00. The highest BCUT2D eigenvalue weighted by atomic mass is 35.5. The molecule has 1 aliphatic rings. The highest BCUT2D eigenvalue weighted by Gasteiger charge is 2.22. The molecule has 2 aromatic rings. The number of carbonyl (C=O) groups excluding carboxylic acids is 1. The van der Waals surface area contributed by atoms with Crippen molar-refractivity contribution in [2.75, 3.05) is 24.5 Å². The molecule has 1 aliphatic heterocycles. The molecule has 0 aliphatic carbocycles. The van der Waals surface area contributed by atoms with Crippen LogP contribution in [0.4, 0.5) is 5.13 Å². The summed E-state index contributed by atoms with van der Waals surface area (Å²) in [5.41, 5.74) is 0.841. The average molecular weight is 398 g/mol. The van der Waals surface area contributed by atoms with Crippen molar-refractivity contribution in [2.24, 2.45) is 5.92 Å². The summed E-state index contributed by atoms with van der Waals surface area (Å²) in [6, 6.07) is 5.41. The molecule has 1 atom stereocenters. The quantitative estimate of drug-likeness (QED) is 0.784. The van der Waals surface area contributed by atoms with E-state index in [4.69, 9.17) is 23.2 Å². The van der Waals surface area contributed by atoms with Crippen molar-refractivity contribution in [2.45, 2.75) is 25.7 Å². The normalized spacial score (nSPS) is 17.5. The molecule has 7 heteroatoms. The van der Waals surface area contributed by atoms with Gasteiger partial charge in [0.15, 0.2) is 5.13 Å². The third-order valence-electron chi connectivity index (χ3n) is 4.46. The smallest absolute Gasteiger partial charge is 0.220 e. The van der Waals surface area contributed by atoms with E-state index in [1.807, 2.05) is 17.6 Å². The Balaban J connectivity index is 1.44. The van der Waals surface area contributed by atoms with Gasteiger partial charge in [-0.15, -0.1) is 11.3 Å². The van der Waals surface area contributed by atoms with Gasteiger partial charge in [-0.2, -0.15) is 0 Å². The largest absolute Gasteiger partial charge is 0.356 e. The van der Waals surface area contributed by atoms with Crippen LogP contribution in [0.3, 0.4) is 0 Å². The molecule has 1 N–H and O–H groups in total. The first-order valence-corrected chi connectivity index (χ1v) is 10.1. The Kier molecular flexibility index (Phi) is 6.57. The summed E-state index contributed by atoms with van der Waals surface area (Å²) in [5, 5.41) is 7.37. The molecule has 134 valence electrons. The van der Waals surface area contributed by atoms with Crippen LogP contribution in [-0.2, 0) is 11.2 Å². The summed E-state index contributed by atoms with van der Waals surface area (Å²) in [6.07, 6.45) is 5.06. The standard InChI is InChI=1S/C18H21Cl2N3OS/c19-15-4-1-5-16(20)14(15)6-7-17(24)22-11-13-3-2-9-23(12-13)18-21-8-10-25-18/h1,4-5,8,10,13H,2-3,6-7,9,11-12H2,(H,22,24)/t13-/m0/s1. The van der Waals surface area contributed by atoms with Crippen molar-refractivity contribution in [3.05, 3.63) is 45.4 Å². The number of nitrogens with zero attached hydrogens (tertiary/aromatic N) is 2. The molecule has 1 aromatic heterocycles. The van der Waals surface area contributed by atoms with Crippen LogP contribution < -0.4 is 10.2 Å². The van der Waals surface area contributed by atoms with Gasteiger partial charge in [-0.1, -0.05) is 29.3 Å². The van der Waals surface area contributed by atoms with Gasteiger partial charge in [-0.3, -0.25) is 4.79 Å². The van der Waals surface area contributed by atoms with E-state index >= 15 is 0 Å². The van der Waals surface area contributed by atoms with Gasteiger partial charge in [0.1, 0.15) is 0 Å². The van der Waals surface area contributed by atoms with Crippen LogP contribution in [0, 0.1) is 5.92 Å². The van der Waals surface area contributed by atoms with Crippen molar-refractivity contribution in [1.82, 2.24) is 10.3 Å².